The molecule has 2 saturated carbocycles. The second-order valence-corrected chi connectivity index (χ2v) is 13.9. The number of hydrogen-bond donors (Lipinski definition) is 3. The lowest BCUT2D eigenvalue weighted by Gasteiger charge is -2.44. The second-order valence-electron chi connectivity index (χ2n) is 11.7. The third-order valence-corrected chi connectivity index (χ3v) is 11.8. The van der Waals surface area contributed by atoms with E-state index in [1.807, 2.05) is 0 Å². The molecule has 0 heterocycles. The highest BCUT2D eigenvalue weighted by Crippen LogP contribution is 2.59. The van der Waals surface area contributed by atoms with Crippen molar-refractivity contribution in [3.8, 4) is 0 Å². The number of sulfone groups is 1. The van der Waals surface area contributed by atoms with Crippen LogP contribution in [0.15, 0.2) is 47.4 Å². The van der Waals surface area contributed by atoms with Gasteiger partial charge in [-0.3, -0.25) is 4.79 Å². The fraction of sp³-hybridized carbons (Fsp3) is 0.536. The van der Waals surface area contributed by atoms with Crippen LogP contribution in [0.1, 0.15) is 48.8 Å². The van der Waals surface area contributed by atoms with Crippen molar-refractivity contribution in [2.24, 2.45) is 11.8 Å². The van der Waals surface area contributed by atoms with Crippen LogP contribution in [-0.4, -0.2) is 55.1 Å². The Labute approximate surface area is 241 Å². The van der Waals surface area contributed by atoms with Crippen LogP contribution < -0.4 is 5.32 Å². The summed E-state index contributed by atoms with van der Waals surface area (Å²) < 4.78 is 136. The van der Waals surface area contributed by atoms with Crippen molar-refractivity contribution in [3.63, 3.8) is 0 Å². The molecule has 0 spiro atoms. The van der Waals surface area contributed by atoms with E-state index in [4.69, 9.17) is 0 Å². The van der Waals surface area contributed by atoms with Crippen molar-refractivity contribution in [3.05, 3.63) is 65.0 Å². The van der Waals surface area contributed by atoms with Crippen LogP contribution in [0.3, 0.4) is 0 Å². The molecule has 6 nitrogen and oxygen atoms in total. The minimum atomic E-state index is -6.36. The zero-order valence-corrected chi connectivity index (χ0v) is 23.1. The number of hydrogen-bond acceptors (Lipinski definition) is 5. The molecule has 0 unspecified atom stereocenters. The molecule has 15 heteroatoms. The van der Waals surface area contributed by atoms with Crippen LogP contribution in [0.5, 0.6) is 0 Å². The Balaban J connectivity index is 1.60. The number of benzene rings is 2. The lowest BCUT2D eigenvalue weighted by Crippen LogP contribution is -2.55. The quantitative estimate of drug-likeness (QED) is 0.312. The number of fused-ring (bicyclic) bond motifs is 3. The molecule has 43 heavy (non-hydrogen) atoms. The number of rotatable bonds is 6. The maximum absolute atomic E-state index is 14.9. The summed E-state index contributed by atoms with van der Waals surface area (Å²) in [7, 11) is -4.53. The molecular weight excluding hydrogens is 614 g/mol. The monoisotopic (exact) mass is 641 g/mol. The summed E-state index contributed by atoms with van der Waals surface area (Å²) in [5.41, 5.74) is -9.18. The van der Waals surface area contributed by atoms with Gasteiger partial charge in [0.2, 0.25) is 5.91 Å². The first kappa shape index (κ1) is 31.6. The largest absolute Gasteiger partial charge is 0.435 e. The number of nitrogens with one attached hydrogen (secondary N) is 1. The van der Waals surface area contributed by atoms with E-state index in [2.05, 4.69) is 5.32 Å². The van der Waals surface area contributed by atoms with Crippen molar-refractivity contribution in [2.45, 2.75) is 77.8 Å². The average molecular weight is 642 g/mol. The molecule has 2 aromatic carbocycles. The predicted octanol–water partition coefficient (Wildman–Crippen LogP) is 4.76. The summed E-state index contributed by atoms with van der Waals surface area (Å²) >= 11 is 0. The Morgan fingerprint density at radius 1 is 0.953 bits per heavy atom. The van der Waals surface area contributed by atoms with E-state index < -0.39 is 80.0 Å². The number of alkyl halides is 7. The summed E-state index contributed by atoms with van der Waals surface area (Å²) in [5, 5.41) is 22.1. The molecule has 2 fully saturated rings. The number of aryl methyl sites for hydroxylation is 1. The van der Waals surface area contributed by atoms with Crippen molar-refractivity contribution in [1.82, 2.24) is 5.32 Å². The molecule has 3 atom stereocenters. The number of aliphatic hydroxyl groups is 2. The highest BCUT2D eigenvalue weighted by Gasteiger charge is 2.74. The summed E-state index contributed by atoms with van der Waals surface area (Å²) in [5.74, 6) is -2.82. The van der Waals surface area contributed by atoms with Crippen LogP contribution >= 0.6 is 0 Å². The molecule has 3 N–H and O–H groups in total. The van der Waals surface area contributed by atoms with Crippen LogP contribution in [0.4, 0.5) is 35.1 Å². The first-order valence-corrected chi connectivity index (χ1v) is 14.9. The van der Waals surface area contributed by atoms with E-state index >= 15 is 0 Å². The number of carbonyl (C=O) groups is 1. The first-order chi connectivity index (χ1) is 19.8. The number of carbonyl (C=O) groups excluding carboxylic acids is 1. The summed E-state index contributed by atoms with van der Waals surface area (Å²) in [4.78, 5) is 12.6. The van der Waals surface area contributed by atoms with Gasteiger partial charge in [0, 0.05) is 23.4 Å². The van der Waals surface area contributed by atoms with Gasteiger partial charge in [-0.25, -0.2) is 17.2 Å². The predicted molar refractivity (Wildman–Crippen MR) is 134 cm³/mol. The third kappa shape index (κ3) is 4.73. The van der Waals surface area contributed by atoms with Crippen LogP contribution in [0.25, 0.3) is 0 Å². The lowest BCUT2D eigenvalue weighted by molar-refractivity contribution is -0.348. The van der Waals surface area contributed by atoms with Crippen LogP contribution in [0, 0.1) is 17.7 Å². The molecule has 2 aromatic rings. The Hall–Kier alpha value is -2.78. The smallest absolute Gasteiger partial charge is 0.393 e. The maximum Gasteiger partial charge on any atom is 0.435 e. The molecule has 236 valence electrons. The second kappa shape index (κ2) is 10.1. The van der Waals surface area contributed by atoms with Crippen molar-refractivity contribution >= 4 is 15.7 Å². The van der Waals surface area contributed by atoms with Crippen LogP contribution in [0.2, 0.25) is 0 Å². The van der Waals surface area contributed by atoms with Gasteiger partial charge in [0.05, 0.1) is 17.1 Å². The van der Waals surface area contributed by atoms with Crippen molar-refractivity contribution < 1.29 is 58.5 Å². The highest BCUT2D eigenvalue weighted by molar-refractivity contribution is 7.92. The zero-order chi connectivity index (χ0) is 31.8. The molecule has 5 rings (SSSR count). The fourth-order valence-corrected chi connectivity index (χ4v) is 9.50. The van der Waals surface area contributed by atoms with E-state index in [0.717, 1.165) is 30.3 Å². The number of amides is 1. The highest BCUT2D eigenvalue weighted by atomic mass is 32.2. The first-order valence-electron chi connectivity index (χ1n) is 13.4. The lowest BCUT2D eigenvalue weighted by atomic mass is 9.70. The van der Waals surface area contributed by atoms with Crippen LogP contribution in [-0.2, 0) is 31.5 Å². The Kier molecular flexibility index (Phi) is 7.45. The van der Waals surface area contributed by atoms with Gasteiger partial charge in [0.1, 0.15) is 10.6 Å². The molecule has 3 aliphatic rings. The van der Waals surface area contributed by atoms with E-state index in [9.17, 15) is 58.5 Å². The third-order valence-electron chi connectivity index (χ3n) is 9.23. The molecule has 0 aliphatic heterocycles. The summed E-state index contributed by atoms with van der Waals surface area (Å²) in [6, 6.07) is 4.46. The average Bonchev–Trinajstić information content (AvgIpc) is 3.29. The SMILES string of the molecule is O=C(N[C@@H]1CC[C@@]2(S(=O)(=O)c3ccc(F)cc3)c3ccc(C(F)(C(F)(F)F)C(F)(F)F)cc3CC[C@@H]12)[C@H]1C[C@](O)(CO)C1. The summed E-state index contributed by atoms with van der Waals surface area (Å²) in [6.07, 6.45) is -13.2. The van der Waals surface area contributed by atoms with Crippen molar-refractivity contribution in [1.29, 1.82) is 0 Å². The van der Waals surface area contributed by atoms with Gasteiger partial charge in [-0.1, -0.05) is 18.2 Å². The Bertz CT molecular complexity index is 1510. The van der Waals surface area contributed by atoms with Gasteiger partial charge in [-0.15, -0.1) is 0 Å². The fourth-order valence-electron chi connectivity index (χ4n) is 7.02. The molecule has 1 amide bonds. The summed E-state index contributed by atoms with van der Waals surface area (Å²) in [6.45, 7) is -0.552. The van der Waals surface area contributed by atoms with E-state index in [1.165, 1.54) is 0 Å². The van der Waals surface area contributed by atoms with Gasteiger partial charge < -0.3 is 15.5 Å². The standard InChI is InChI=1S/C28H27F8NO5S/c29-18-3-5-19(6-4-18)43(41,42)25-10-9-22(37-23(39)16-12-24(40,13-16)14-38)21(25)7-1-15-11-17(2-8-20(15)25)26(30,27(31,32)33)28(34,35)36/h2-6,8,11,16,21-22,38,40H,1,7,9-10,12-14H2,(H,37,39)/t16-,21-,22+,24+,25+/m0/s1. The Morgan fingerprint density at radius 3 is 2.12 bits per heavy atom. The van der Waals surface area contributed by atoms with Gasteiger partial charge in [0.25, 0.3) is 0 Å². The minimum Gasteiger partial charge on any atom is -0.393 e. The van der Waals surface area contributed by atoms with Gasteiger partial charge in [-0.2, -0.15) is 26.3 Å². The zero-order valence-electron chi connectivity index (χ0n) is 22.3. The molecular formula is C28H27F8NO5S. The molecule has 0 bridgehead atoms. The number of aliphatic hydroxyl groups excluding tert-OH is 1. The van der Waals surface area contributed by atoms with E-state index in [0.29, 0.717) is 12.1 Å². The van der Waals surface area contributed by atoms with Crippen molar-refractivity contribution in [2.75, 3.05) is 6.61 Å². The minimum absolute atomic E-state index is 0.0270. The number of halogens is 8. The molecule has 3 aliphatic carbocycles. The van der Waals surface area contributed by atoms with Gasteiger partial charge in [0.15, 0.2) is 9.84 Å². The molecule has 0 radical (unpaired) electrons. The molecule has 0 aromatic heterocycles. The molecule has 0 saturated heterocycles. The maximum atomic E-state index is 14.9. The van der Waals surface area contributed by atoms with Gasteiger partial charge in [-0.05, 0) is 73.9 Å². The Morgan fingerprint density at radius 2 is 1.56 bits per heavy atom. The van der Waals surface area contributed by atoms with E-state index in [-0.39, 0.29) is 54.5 Å². The normalized spacial score (nSPS) is 29.4. The van der Waals surface area contributed by atoms with E-state index in [1.54, 1.807) is 0 Å². The topological polar surface area (TPSA) is 104 Å². The van der Waals surface area contributed by atoms with Gasteiger partial charge >= 0.3 is 18.0 Å².